The fraction of sp³-hybridized carbons (Fsp3) is 0.611. The topological polar surface area (TPSA) is 29.5 Å². The van der Waals surface area contributed by atoms with E-state index in [9.17, 15) is 9.18 Å². The van der Waals surface area contributed by atoms with Crippen LogP contribution in [0.15, 0.2) is 24.3 Å². The Balaban J connectivity index is 1.76. The summed E-state index contributed by atoms with van der Waals surface area (Å²) in [5.74, 6) is -0.0130. The molecule has 3 nitrogen and oxygen atoms in total. The van der Waals surface area contributed by atoms with Crippen molar-refractivity contribution in [3.05, 3.63) is 35.6 Å². The van der Waals surface area contributed by atoms with Gasteiger partial charge in [-0.15, -0.1) is 0 Å². The van der Waals surface area contributed by atoms with Gasteiger partial charge < -0.3 is 9.64 Å². The number of benzene rings is 1. The van der Waals surface area contributed by atoms with E-state index in [0.29, 0.717) is 12.5 Å². The molecule has 1 aromatic rings. The van der Waals surface area contributed by atoms with E-state index in [-0.39, 0.29) is 17.6 Å². The zero-order valence-corrected chi connectivity index (χ0v) is 13.6. The quantitative estimate of drug-likeness (QED) is 0.801. The molecule has 1 amide bonds. The molecule has 1 saturated heterocycles. The second kappa shape index (κ2) is 8.28. The van der Waals surface area contributed by atoms with Gasteiger partial charge in [-0.1, -0.05) is 19.1 Å². The third-order valence-corrected chi connectivity index (χ3v) is 4.41. The van der Waals surface area contributed by atoms with Crippen molar-refractivity contribution in [2.75, 3.05) is 20.2 Å². The molecule has 22 heavy (non-hydrogen) atoms. The number of rotatable bonds is 6. The van der Waals surface area contributed by atoms with Crippen LogP contribution in [0.5, 0.6) is 0 Å². The van der Waals surface area contributed by atoms with Crippen LogP contribution in [-0.4, -0.2) is 37.1 Å². The van der Waals surface area contributed by atoms with Crippen molar-refractivity contribution in [1.82, 2.24) is 4.90 Å². The lowest BCUT2D eigenvalue weighted by Crippen LogP contribution is -2.32. The van der Waals surface area contributed by atoms with Crippen molar-refractivity contribution in [1.29, 1.82) is 0 Å². The molecular formula is C18H26FNO2. The SMILES string of the molecule is CC(CC(=O)N(C)CCC1CCCCO1)c1ccc(F)cc1. The van der Waals surface area contributed by atoms with Crippen LogP contribution in [0.4, 0.5) is 4.39 Å². The van der Waals surface area contributed by atoms with Crippen molar-refractivity contribution in [2.24, 2.45) is 0 Å². The highest BCUT2D eigenvalue weighted by Crippen LogP contribution is 2.21. The van der Waals surface area contributed by atoms with E-state index in [0.717, 1.165) is 38.0 Å². The Morgan fingerprint density at radius 3 is 2.73 bits per heavy atom. The van der Waals surface area contributed by atoms with Gasteiger partial charge in [0.2, 0.25) is 5.91 Å². The summed E-state index contributed by atoms with van der Waals surface area (Å²) in [6.07, 6.45) is 5.15. The van der Waals surface area contributed by atoms with Gasteiger partial charge in [-0.05, 0) is 49.3 Å². The Kier molecular flexibility index (Phi) is 6.37. The monoisotopic (exact) mass is 307 g/mol. The molecule has 2 unspecified atom stereocenters. The molecule has 2 atom stereocenters. The first kappa shape index (κ1) is 16.9. The predicted octanol–water partition coefficient (Wildman–Crippen LogP) is 3.74. The number of amides is 1. The first-order chi connectivity index (χ1) is 10.6. The van der Waals surface area contributed by atoms with Crippen molar-refractivity contribution >= 4 is 5.91 Å². The zero-order valence-electron chi connectivity index (χ0n) is 13.6. The second-order valence-electron chi connectivity index (χ2n) is 6.25. The van der Waals surface area contributed by atoms with Gasteiger partial charge in [0, 0.05) is 26.6 Å². The maximum absolute atomic E-state index is 12.9. The maximum Gasteiger partial charge on any atom is 0.222 e. The van der Waals surface area contributed by atoms with Crippen molar-refractivity contribution in [2.45, 2.75) is 51.0 Å². The fourth-order valence-corrected chi connectivity index (χ4v) is 2.82. The summed E-state index contributed by atoms with van der Waals surface area (Å²) in [4.78, 5) is 14.1. The number of hydrogen-bond donors (Lipinski definition) is 0. The number of hydrogen-bond acceptors (Lipinski definition) is 2. The first-order valence-electron chi connectivity index (χ1n) is 8.17. The standard InChI is InChI=1S/C18H26FNO2/c1-14(15-6-8-16(19)9-7-15)13-18(21)20(2)11-10-17-5-3-4-12-22-17/h6-9,14,17H,3-5,10-13H2,1-2H3. The molecule has 0 aromatic heterocycles. The Labute approximate surface area is 132 Å². The molecule has 2 rings (SSSR count). The molecule has 0 N–H and O–H groups in total. The van der Waals surface area contributed by atoms with Gasteiger partial charge >= 0.3 is 0 Å². The minimum Gasteiger partial charge on any atom is -0.378 e. The number of ether oxygens (including phenoxy) is 1. The number of carbonyl (C=O) groups is 1. The number of halogens is 1. The molecule has 1 heterocycles. The molecule has 0 saturated carbocycles. The van der Waals surface area contributed by atoms with Gasteiger partial charge in [0.15, 0.2) is 0 Å². The van der Waals surface area contributed by atoms with Gasteiger partial charge in [0.25, 0.3) is 0 Å². The third-order valence-electron chi connectivity index (χ3n) is 4.41. The van der Waals surface area contributed by atoms with Gasteiger partial charge in [-0.2, -0.15) is 0 Å². The predicted molar refractivity (Wildman–Crippen MR) is 85.3 cm³/mol. The average Bonchev–Trinajstić information content (AvgIpc) is 2.54. The first-order valence-corrected chi connectivity index (χ1v) is 8.17. The molecule has 0 radical (unpaired) electrons. The van der Waals surface area contributed by atoms with Crippen LogP contribution >= 0.6 is 0 Å². The lowest BCUT2D eigenvalue weighted by atomic mass is 9.97. The van der Waals surface area contributed by atoms with Crippen molar-refractivity contribution < 1.29 is 13.9 Å². The summed E-state index contributed by atoms with van der Waals surface area (Å²) < 4.78 is 18.6. The van der Waals surface area contributed by atoms with E-state index in [1.807, 2.05) is 14.0 Å². The Morgan fingerprint density at radius 2 is 2.09 bits per heavy atom. The van der Waals surface area contributed by atoms with E-state index in [2.05, 4.69) is 0 Å². The molecule has 0 bridgehead atoms. The molecule has 0 spiro atoms. The highest BCUT2D eigenvalue weighted by Gasteiger charge is 2.18. The Bertz CT molecular complexity index is 468. The van der Waals surface area contributed by atoms with E-state index in [4.69, 9.17) is 4.74 Å². The van der Waals surface area contributed by atoms with Crippen LogP contribution in [0.3, 0.4) is 0 Å². The smallest absolute Gasteiger partial charge is 0.222 e. The largest absolute Gasteiger partial charge is 0.378 e. The van der Waals surface area contributed by atoms with Gasteiger partial charge in [-0.25, -0.2) is 4.39 Å². The minimum atomic E-state index is -0.244. The number of carbonyl (C=O) groups excluding carboxylic acids is 1. The lowest BCUT2D eigenvalue weighted by molar-refractivity contribution is -0.130. The number of nitrogens with zero attached hydrogens (tertiary/aromatic N) is 1. The van der Waals surface area contributed by atoms with Crippen LogP contribution in [0, 0.1) is 5.82 Å². The van der Waals surface area contributed by atoms with Gasteiger partial charge in [0.05, 0.1) is 6.10 Å². The van der Waals surface area contributed by atoms with Crippen LogP contribution in [-0.2, 0) is 9.53 Å². The van der Waals surface area contributed by atoms with Gasteiger partial charge in [0.1, 0.15) is 5.82 Å². The van der Waals surface area contributed by atoms with Crippen LogP contribution in [0.2, 0.25) is 0 Å². The van der Waals surface area contributed by atoms with E-state index >= 15 is 0 Å². The summed E-state index contributed by atoms with van der Waals surface area (Å²) in [5.41, 5.74) is 0.999. The fourth-order valence-electron chi connectivity index (χ4n) is 2.82. The zero-order chi connectivity index (χ0) is 15.9. The van der Waals surface area contributed by atoms with Crippen LogP contribution in [0.1, 0.15) is 50.5 Å². The molecule has 1 aromatic carbocycles. The molecular weight excluding hydrogens is 281 g/mol. The molecule has 1 fully saturated rings. The third kappa shape index (κ3) is 5.09. The van der Waals surface area contributed by atoms with Crippen molar-refractivity contribution in [3.8, 4) is 0 Å². The van der Waals surface area contributed by atoms with Gasteiger partial charge in [-0.3, -0.25) is 4.79 Å². The molecule has 0 aliphatic carbocycles. The van der Waals surface area contributed by atoms with E-state index < -0.39 is 0 Å². The summed E-state index contributed by atoms with van der Waals surface area (Å²) in [7, 11) is 1.85. The van der Waals surface area contributed by atoms with Crippen LogP contribution in [0.25, 0.3) is 0 Å². The Morgan fingerprint density at radius 1 is 1.36 bits per heavy atom. The Hall–Kier alpha value is -1.42. The summed E-state index contributed by atoms with van der Waals surface area (Å²) in [5, 5.41) is 0. The summed E-state index contributed by atoms with van der Waals surface area (Å²) >= 11 is 0. The normalized spacial score (nSPS) is 19.7. The molecule has 1 aliphatic heterocycles. The minimum absolute atomic E-state index is 0.0986. The molecule has 4 heteroatoms. The average molecular weight is 307 g/mol. The highest BCUT2D eigenvalue weighted by molar-refractivity contribution is 5.76. The second-order valence-corrected chi connectivity index (χ2v) is 6.25. The summed E-state index contributed by atoms with van der Waals surface area (Å²) in [6, 6.07) is 6.40. The summed E-state index contributed by atoms with van der Waals surface area (Å²) in [6.45, 7) is 3.59. The molecule has 1 aliphatic rings. The van der Waals surface area contributed by atoms with E-state index in [1.54, 1.807) is 17.0 Å². The lowest BCUT2D eigenvalue weighted by Gasteiger charge is -2.26. The van der Waals surface area contributed by atoms with Crippen molar-refractivity contribution in [3.63, 3.8) is 0 Å². The highest BCUT2D eigenvalue weighted by atomic mass is 19.1. The molecule has 122 valence electrons. The van der Waals surface area contributed by atoms with E-state index in [1.165, 1.54) is 18.6 Å². The maximum atomic E-state index is 12.9. The van der Waals surface area contributed by atoms with Crippen LogP contribution < -0.4 is 0 Å².